The fourth-order valence-corrected chi connectivity index (χ4v) is 1.68. The first-order valence-corrected chi connectivity index (χ1v) is 6.45. The van der Waals surface area contributed by atoms with Gasteiger partial charge in [-0.2, -0.15) is 13.2 Å². The lowest BCUT2D eigenvalue weighted by Crippen LogP contribution is -2.44. The normalized spacial score (nSPS) is 14.7. The highest BCUT2D eigenvalue weighted by atomic mass is 19.4. The molecule has 0 bridgehead atoms. The Bertz CT molecular complexity index is 460. The van der Waals surface area contributed by atoms with E-state index in [4.69, 9.17) is 5.73 Å². The van der Waals surface area contributed by atoms with Crippen LogP contribution in [0.5, 0.6) is 0 Å². The lowest BCUT2D eigenvalue weighted by Gasteiger charge is -2.18. The number of carbonyl (C=O) groups excluding carboxylic acids is 1. The predicted octanol–water partition coefficient (Wildman–Crippen LogP) is 2.70. The second-order valence-electron chi connectivity index (χ2n) is 4.83. The van der Waals surface area contributed by atoms with E-state index in [9.17, 15) is 18.0 Å². The molecule has 0 saturated heterocycles. The molecule has 0 heterocycles. The molecule has 1 aromatic rings. The maximum absolute atomic E-state index is 12.5. The smallest absolute Gasteiger partial charge is 0.351 e. The van der Waals surface area contributed by atoms with Crippen molar-refractivity contribution >= 4 is 5.91 Å². The predicted molar refractivity (Wildman–Crippen MR) is 70.7 cm³/mol. The number of hydrogen-bond donors (Lipinski definition) is 2. The minimum Gasteiger partial charge on any atom is -0.351 e. The molecule has 1 rings (SSSR count). The molecule has 3 N–H and O–H groups in total. The van der Waals surface area contributed by atoms with E-state index < -0.39 is 17.8 Å². The van der Waals surface area contributed by atoms with E-state index in [1.165, 1.54) is 12.1 Å². The van der Waals surface area contributed by atoms with Gasteiger partial charge in [-0.1, -0.05) is 32.4 Å². The van der Waals surface area contributed by atoms with Crippen LogP contribution in [0.4, 0.5) is 13.2 Å². The largest absolute Gasteiger partial charge is 0.416 e. The van der Waals surface area contributed by atoms with Gasteiger partial charge in [0.25, 0.3) is 0 Å². The van der Waals surface area contributed by atoms with Gasteiger partial charge in [-0.15, -0.1) is 0 Å². The van der Waals surface area contributed by atoms with Crippen LogP contribution in [0.1, 0.15) is 31.4 Å². The van der Waals surface area contributed by atoms with Crippen molar-refractivity contribution in [2.24, 2.45) is 11.7 Å². The van der Waals surface area contributed by atoms with Crippen molar-refractivity contribution in [1.29, 1.82) is 0 Å². The van der Waals surface area contributed by atoms with Crippen LogP contribution in [0.25, 0.3) is 0 Å². The molecule has 2 unspecified atom stereocenters. The summed E-state index contributed by atoms with van der Waals surface area (Å²) in [6, 6.07) is 4.22. The number of halogens is 3. The van der Waals surface area contributed by atoms with Gasteiger partial charge in [0.1, 0.15) is 0 Å². The average molecular weight is 288 g/mol. The van der Waals surface area contributed by atoms with E-state index >= 15 is 0 Å². The highest BCUT2D eigenvalue weighted by molar-refractivity contribution is 5.81. The van der Waals surface area contributed by atoms with Crippen molar-refractivity contribution in [3.05, 3.63) is 35.4 Å². The summed E-state index contributed by atoms with van der Waals surface area (Å²) in [5, 5.41) is 2.56. The standard InChI is InChI=1S/C14H19F3N2O/c1-3-9(2)12(18)13(20)19-8-10-5-4-6-11(7-10)14(15,16)17/h4-7,9,12H,3,8,18H2,1-2H3,(H,19,20). The molecular weight excluding hydrogens is 269 g/mol. The van der Waals surface area contributed by atoms with Crippen molar-refractivity contribution in [1.82, 2.24) is 5.32 Å². The molecule has 112 valence electrons. The Morgan fingerprint density at radius 3 is 2.60 bits per heavy atom. The van der Waals surface area contributed by atoms with Crippen LogP contribution in [0.2, 0.25) is 0 Å². The van der Waals surface area contributed by atoms with E-state index in [1.54, 1.807) is 0 Å². The summed E-state index contributed by atoms with van der Waals surface area (Å²) in [6.45, 7) is 3.81. The van der Waals surface area contributed by atoms with Gasteiger partial charge in [-0.05, 0) is 23.6 Å². The van der Waals surface area contributed by atoms with E-state index in [-0.39, 0.29) is 18.4 Å². The van der Waals surface area contributed by atoms with E-state index in [1.807, 2.05) is 13.8 Å². The van der Waals surface area contributed by atoms with Gasteiger partial charge >= 0.3 is 6.18 Å². The zero-order valence-corrected chi connectivity index (χ0v) is 11.5. The monoisotopic (exact) mass is 288 g/mol. The molecule has 2 atom stereocenters. The van der Waals surface area contributed by atoms with Gasteiger partial charge in [0.2, 0.25) is 5.91 Å². The van der Waals surface area contributed by atoms with Crippen molar-refractivity contribution < 1.29 is 18.0 Å². The number of rotatable bonds is 5. The Morgan fingerprint density at radius 2 is 2.05 bits per heavy atom. The zero-order valence-electron chi connectivity index (χ0n) is 11.5. The molecule has 20 heavy (non-hydrogen) atoms. The summed E-state index contributed by atoms with van der Waals surface area (Å²) < 4.78 is 37.6. The molecule has 0 spiro atoms. The van der Waals surface area contributed by atoms with Gasteiger partial charge < -0.3 is 11.1 Å². The van der Waals surface area contributed by atoms with Crippen LogP contribution < -0.4 is 11.1 Å². The molecule has 3 nitrogen and oxygen atoms in total. The van der Waals surface area contributed by atoms with Crippen molar-refractivity contribution in [3.8, 4) is 0 Å². The summed E-state index contributed by atoms with van der Waals surface area (Å²) in [5.41, 5.74) is 5.41. The number of carbonyl (C=O) groups is 1. The minimum atomic E-state index is -4.38. The Morgan fingerprint density at radius 1 is 1.40 bits per heavy atom. The SMILES string of the molecule is CCC(C)C(N)C(=O)NCc1cccc(C(F)(F)F)c1. The van der Waals surface area contributed by atoms with Crippen LogP contribution >= 0.6 is 0 Å². The summed E-state index contributed by atoms with van der Waals surface area (Å²) in [5.74, 6) is -0.326. The quantitative estimate of drug-likeness (QED) is 0.875. The number of amides is 1. The molecule has 1 amide bonds. The third kappa shape index (κ3) is 4.52. The first-order valence-electron chi connectivity index (χ1n) is 6.45. The first-order chi connectivity index (χ1) is 9.25. The molecule has 0 aliphatic rings. The Labute approximate surface area is 116 Å². The highest BCUT2D eigenvalue weighted by Crippen LogP contribution is 2.29. The van der Waals surface area contributed by atoms with E-state index in [0.717, 1.165) is 18.6 Å². The zero-order chi connectivity index (χ0) is 15.3. The van der Waals surface area contributed by atoms with Crippen LogP contribution in [-0.4, -0.2) is 11.9 Å². The molecule has 0 fully saturated rings. The molecule has 6 heteroatoms. The van der Waals surface area contributed by atoms with E-state index in [2.05, 4.69) is 5.32 Å². The fraction of sp³-hybridized carbons (Fsp3) is 0.500. The molecular formula is C14H19F3N2O. The molecule has 0 aromatic heterocycles. The Hall–Kier alpha value is -1.56. The minimum absolute atomic E-state index is 0.0245. The van der Waals surface area contributed by atoms with Crippen molar-refractivity contribution in [2.45, 2.75) is 39.0 Å². The summed E-state index contributed by atoms with van der Waals surface area (Å²) in [7, 11) is 0. The summed E-state index contributed by atoms with van der Waals surface area (Å²) in [4.78, 5) is 11.7. The molecule has 1 aromatic carbocycles. The maximum Gasteiger partial charge on any atom is 0.416 e. The molecule has 0 aliphatic heterocycles. The number of hydrogen-bond acceptors (Lipinski definition) is 2. The lowest BCUT2D eigenvalue weighted by molar-refractivity contribution is -0.137. The number of alkyl halides is 3. The van der Waals surface area contributed by atoms with Gasteiger partial charge in [0.05, 0.1) is 11.6 Å². The molecule has 0 saturated carbocycles. The van der Waals surface area contributed by atoms with Crippen LogP contribution in [0.3, 0.4) is 0 Å². The van der Waals surface area contributed by atoms with Crippen LogP contribution in [0, 0.1) is 5.92 Å². The fourth-order valence-electron chi connectivity index (χ4n) is 1.68. The maximum atomic E-state index is 12.5. The summed E-state index contributed by atoms with van der Waals surface area (Å²) in [6.07, 6.45) is -3.62. The first kappa shape index (κ1) is 16.5. The van der Waals surface area contributed by atoms with Crippen LogP contribution in [0.15, 0.2) is 24.3 Å². The second-order valence-corrected chi connectivity index (χ2v) is 4.83. The third-order valence-electron chi connectivity index (χ3n) is 3.28. The molecule has 0 radical (unpaired) electrons. The second kappa shape index (κ2) is 6.74. The van der Waals surface area contributed by atoms with Crippen molar-refractivity contribution in [3.63, 3.8) is 0 Å². The van der Waals surface area contributed by atoms with Gasteiger partial charge in [0.15, 0.2) is 0 Å². The van der Waals surface area contributed by atoms with E-state index in [0.29, 0.717) is 5.56 Å². The Balaban J connectivity index is 2.64. The molecule has 0 aliphatic carbocycles. The van der Waals surface area contributed by atoms with Gasteiger partial charge in [-0.25, -0.2) is 0 Å². The lowest BCUT2D eigenvalue weighted by atomic mass is 9.99. The number of nitrogens with two attached hydrogens (primary N) is 1. The van der Waals surface area contributed by atoms with Gasteiger partial charge in [-0.3, -0.25) is 4.79 Å². The van der Waals surface area contributed by atoms with Crippen molar-refractivity contribution in [2.75, 3.05) is 0 Å². The summed E-state index contributed by atoms with van der Waals surface area (Å²) >= 11 is 0. The highest BCUT2D eigenvalue weighted by Gasteiger charge is 2.30. The van der Waals surface area contributed by atoms with Crippen LogP contribution in [-0.2, 0) is 17.5 Å². The third-order valence-corrected chi connectivity index (χ3v) is 3.28. The number of nitrogens with one attached hydrogen (secondary N) is 1. The number of benzene rings is 1. The average Bonchev–Trinajstić information content (AvgIpc) is 2.42. The Kier molecular flexibility index (Phi) is 5.56. The topological polar surface area (TPSA) is 55.1 Å². The van der Waals surface area contributed by atoms with Gasteiger partial charge in [0, 0.05) is 6.54 Å².